The number of benzene rings is 6. The molecule has 0 amide bonds. The SMILES string of the molecule is COCN(Cc1ccc(Cl)c(C(F)(F)F)c1)c1cc(Cl)cnc1Br.O=C1CN=C(c2ncc(Cl)cc2NCc2ccc(Cl)c(C(F)(F)F)c2)c2c(Cl)cccc21.O=C1CN=C(c2ncc(Cl)cc2NCc2ccc(Cl)c(C(F)(F)F)c2)c2cccc(Cl)c21.O=C1OC(=O)c2c(Cl)cccc21. The van der Waals surface area contributed by atoms with Crippen molar-refractivity contribution in [1.82, 2.24) is 15.0 Å². The number of methoxy groups -OCH3 is 1. The molecular weight excluding hydrogens is 1580 g/mol. The van der Waals surface area contributed by atoms with Crippen LogP contribution >= 0.6 is 120 Å². The number of hydrogen-bond donors (Lipinski definition) is 2. The van der Waals surface area contributed by atoms with Gasteiger partial charge in [-0.1, -0.05) is 153 Å². The zero-order valence-corrected chi connectivity index (χ0v) is 58.8. The number of nitrogens with zero attached hydrogens (tertiary/aromatic N) is 6. The largest absolute Gasteiger partial charge is 0.417 e. The average molecular weight is 1620 g/mol. The minimum Gasteiger partial charge on any atom is -0.386 e. The van der Waals surface area contributed by atoms with Gasteiger partial charge in [-0.05, 0) is 111 Å². The van der Waals surface area contributed by atoms with Crippen LogP contribution in [0.1, 0.15) is 97.3 Å². The lowest BCUT2D eigenvalue weighted by atomic mass is 9.94. The number of ether oxygens (including phenoxy) is 2. The maximum Gasteiger partial charge on any atom is 0.417 e. The lowest BCUT2D eigenvalue weighted by Gasteiger charge is -2.25. The van der Waals surface area contributed by atoms with Gasteiger partial charge in [0.1, 0.15) is 35.8 Å². The highest BCUT2D eigenvalue weighted by Gasteiger charge is 2.37. The van der Waals surface area contributed by atoms with Crippen molar-refractivity contribution in [2.45, 2.75) is 38.2 Å². The van der Waals surface area contributed by atoms with Crippen LogP contribution in [0.5, 0.6) is 0 Å². The number of esters is 2. The molecular formula is C67H41BrCl9F9N8O6. The van der Waals surface area contributed by atoms with Crippen LogP contribution in [0, 0.1) is 0 Å². The van der Waals surface area contributed by atoms with E-state index in [1.807, 2.05) is 0 Å². The molecule has 100 heavy (non-hydrogen) atoms. The van der Waals surface area contributed by atoms with Crippen LogP contribution in [0.3, 0.4) is 0 Å². The monoisotopic (exact) mass is 1620 g/mol. The fourth-order valence-corrected chi connectivity index (χ4v) is 12.3. The topological polar surface area (TPSA) is 177 Å². The van der Waals surface area contributed by atoms with Crippen molar-refractivity contribution in [3.05, 3.63) is 274 Å². The number of aromatic nitrogens is 3. The molecule has 0 bridgehead atoms. The first-order chi connectivity index (χ1) is 47.2. The van der Waals surface area contributed by atoms with E-state index in [0.717, 1.165) is 18.2 Å². The average Bonchev–Trinajstić information content (AvgIpc) is 1.02. The minimum absolute atomic E-state index is 0.0386. The molecule has 3 aromatic heterocycles. The van der Waals surface area contributed by atoms with E-state index in [1.54, 1.807) is 71.6 Å². The number of anilines is 3. The van der Waals surface area contributed by atoms with Gasteiger partial charge in [0.05, 0.1) is 102 Å². The highest BCUT2D eigenvalue weighted by atomic mass is 79.9. The fraction of sp³-hybridized carbons (Fsp3) is 0.149. The van der Waals surface area contributed by atoms with Gasteiger partial charge in [-0.3, -0.25) is 29.5 Å². The molecule has 9 aromatic rings. The number of ketones is 2. The second-order valence-corrected chi connectivity index (χ2v) is 25.7. The fourth-order valence-electron chi connectivity index (χ4n) is 9.94. The molecule has 518 valence electrons. The third-order valence-electron chi connectivity index (χ3n) is 14.4. The summed E-state index contributed by atoms with van der Waals surface area (Å²) in [6.45, 7) is 0.223. The Bertz CT molecular complexity index is 4760. The smallest absolute Gasteiger partial charge is 0.386 e. The van der Waals surface area contributed by atoms with Crippen LogP contribution in [0.4, 0.5) is 56.6 Å². The van der Waals surface area contributed by atoms with E-state index >= 15 is 0 Å². The third kappa shape index (κ3) is 18.5. The maximum absolute atomic E-state index is 13.2. The highest BCUT2D eigenvalue weighted by Crippen LogP contribution is 2.40. The van der Waals surface area contributed by atoms with E-state index in [4.69, 9.17) is 109 Å². The number of alkyl halides is 9. The quantitative estimate of drug-likeness (QED) is 0.0368. The minimum atomic E-state index is -4.57. The standard InChI is InChI=1S/2C22H13Cl3F3N3O.C15H12BrCl2F3N2O.C8H3ClO3/c23-12-7-17(29-8-11-4-5-15(24)14(6-11)22(26,27)28)21(30-9-12)20-13-2-1-3-16(25)19(13)18(32)10-31-20;23-12-7-17(29-8-11-4-5-15(24)14(6-11)22(26,27)28)20(30-9-12)21-19-13(18(32)10-31-21)2-1-3-16(19)25;1-24-8-23(13-5-10(17)6-22-14(13)16)7-9-2-3-12(18)11(4-9)15(19,20)21;9-5-3-1-2-4-6(5)8(11)12-7(4)10/h2*1-7,9,29H,8,10H2;2-6H,7-8H2,1H3;1-3H. The summed E-state index contributed by atoms with van der Waals surface area (Å²) < 4.78 is 128. The van der Waals surface area contributed by atoms with E-state index in [-0.39, 0.29) is 82.2 Å². The highest BCUT2D eigenvalue weighted by molar-refractivity contribution is 9.10. The number of Topliss-reactive ketones (excluding diaryl/α,β-unsaturated/α-hetero) is 2. The Morgan fingerprint density at radius 3 is 1.42 bits per heavy atom. The van der Waals surface area contributed by atoms with E-state index < -0.39 is 47.2 Å². The second-order valence-electron chi connectivity index (χ2n) is 21.2. The van der Waals surface area contributed by atoms with Crippen LogP contribution in [-0.2, 0) is 47.6 Å². The van der Waals surface area contributed by atoms with Gasteiger partial charge >= 0.3 is 30.5 Å². The van der Waals surface area contributed by atoms with Crippen molar-refractivity contribution in [2.75, 3.05) is 42.5 Å². The second kappa shape index (κ2) is 32.6. The van der Waals surface area contributed by atoms with Crippen molar-refractivity contribution in [3.63, 3.8) is 0 Å². The summed E-state index contributed by atoms with van der Waals surface area (Å²) in [5, 5.41) is 6.98. The molecule has 0 radical (unpaired) electrons. The lowest BCUT2D eigenvalue weighted by Crippen LogP contribution is -2.26. The summed E-state index contributed by atoms with van der Waals surface area (Å²) in [5.74, 6) is -1.67. The summed E-state index contributed by atoms with van der Waals surface area (Å²) in [7, 11) is 1.49. The number of pyridine rings is 3. The summed E-state index contributed by atoms with van der Waals surface area (Å²) in [6.07, 6.45) is -9.35. The summed E-state index contributed by atoms with van der Waals surface area (Å²) in [5.41, 5.74) is 3.70. The predicted molar refractivity (Wildman–Crippen MR) is 371 cm³/mol. The van der Waals surface area contributed by atoms with Crippen LogP contribution < -0.4 is 15.5 Å². The summed E-state index contributed by atoms with van der Waals surface area (Å²) in [6, 6.07) is 30.6. The summed E-state index contributed by atoms with van der Waals surface area (Å²) >= 11 is 56.8. The first kappa shape index (κ1) is 76.6. The zero-order valence-electron chi connectivity index (χ0n) is 50.4. The van der Waals surface area contributed by atoms with Crippen LogP contribution in [0.2, 0.25) is 45.2 Å². The normalized spacial score (nSPS) is 13.2. The van der Waals surface area contributed by atoms with Crippen molar-refractivity contribution in [2.24, 2.45) is 9.98 Å². The number of aliphatic imine (C=N–C) groups is 2. The third-order valence-corrected chi connectivity index (χ3v) is 17.6. The number of rotatable bonds is 13. The molecule has 0 saturated heterocycles. The van der Waals surface area contributed by atoms with Gasteiger partial charge in [-0.25, -0.2) is 14.6 Å². The molecule has 0 unspecified atom stereocenters. The van der Waals surface area contributed by atoms with E-state index in [2.05, 4.69) is 56.2 Å². The predicted octanol–water partition coefficient (Wildman–Crippen LogP) is 20.8. The maximum atomic E-state index is 13.2. The van der Waals surface area contributed by atoms with E-state index in [9.17, 15) is 58.7 Å². The number of carbonyl (C=O) groups excluding carboxylic acids is 4. The van der Waals surface area contributed by atoms with Gasteiger partial charge in [0.15, 0.2) is 11.6 Å². The number of cyclic esters (lactones) is 2. The first-order valence-electron chi connectivity index (χ1n) is 28.4. The Balaban J connectivity index is 0.000000163. The van der Waals surface area contributed by atoms with Gasteiger partial charge in [-0.2, -0.15) is 39.5 Å². The Morgan fingerprint density at radius 2 is 0.910 bits per heavy atom. The van der Waals surface area contributed by atoms with E-state index in [1.165, 1.54) is 68.2 Å². The van der Waals surface area contributed by atoms with Crippen molar-refractivity contribution in [3.8, 4) is 0 Å². The molecule has 3 aliphatic rings. The molecule has 6 aromatic carbocycles. The van der Waals surface area contributed by atoms with Gasteiger partial charge in [0, 0.05) is 67.6 Å². The van der Waals surface area contributed by atoms with Crippen molar-refractivity contribution in [1.29, 1.82) is 0 Å². The number of nitrogens with one attached hydrogen (secondary N) is 2. The number of carbonyl (C=O) groups is 4. The molecule has 0 fully saturated rings. The van der Waals surface area contributed by atoms with E-state index in [0.29, 0.717) is 109 Å². The number of halogens is 19. The van der Waals surface area contributed by atoms with Gasteiger partial charge < -0.3 is 25.0 Å². The number of fused-ring (bicyclic) bond motifs is 3. The molecule has 14 nitrogen and oxygen atoms in total. The van der Waals surface area contributed by atoms with Crippen LogP contribution in [-0.4, -0.2) is 76.8 Å². The Hall–Kier alpha value is -7.59. The summed E-state index contributed by atoms with van der Waals surface area (Å²) in [4.78, 5) is 69.7. The van der Waals surface area contributed by atoms with Crippen molar-refractivity contribution >= 4 is 172 Å². The number of hydrogen-bond acceptors (Lipinski definition) is 14. The van der Waals surface area contributed by atoms with Crippen molar-refractivity contribution < 1.29 is 68.2 Å². The van der Waals surface area contributed by atoms with Gasteiger partial charge in [0.25, 0.3) is 0 Å². The molecule has 6 heterocycles. The Morgan fingerprint density at radius 1 is 0.480 bits per heavy atom. The van der Waals surface area contributed by atoms with Crippen LogP contribution in [0.25, 0.3) is 0 Å². The van der Waals surface area contributed by atoms with Gasteiger partial charge in [-0.15, -0.1) is 0 Å². The molecule has 0 atom stereocenters. The first-order valence-corrected chi connectivity index (χ1v) is 32.6. The van der Waals surface area contributed by atoms with Gasteiger partial charge in [0.2, 0.25) is 0 Å². The molecule has 3 aliphatic heterocycles. The lowest BCUT2D eigenvalue weighted by molar-refractivity contribution is -0.138. The molecule has 0 spiro atoms. The zero-order chi connectivity index (χ0) is 72.7. The molecule has 2 N–H and O–H groups in total. The Labute approximate surface area is 615 Å². The molecule has 12 rings (SSSR count). The van der Waals surface area contributed by atoms with Crippen LogP contribution in [0.15, 0.2) is 161 Å². The molecule has 0 aliphatic carbocycles. The molecule has 33 heteroatoms. The molecule has 0 saturated carbocycles. The Kier molecular flexibility index (Phi) is 25.0.